The minimum absolute atomic E-state index is 0.262. The summed E-state index contributed by atoms with van der Waals surface area (Å²) in [5, 5.41) is 7.95. The molecule has 0 spiro atoms. The van der Waals surface area contributed by atoms with Crippen LogP contribution in [0, 0.1) is 0 Å². The van der Waals surface area contributed by atoms with Gasteiger partial charge in [-0.3, -0.25) is 4.79 Å². The number of fused-ring (bicyclic) bond motifs is 1. The number of nitrogens with one attached hydrogen (secondary N) is 1. The highest BCUT2D eigenvalue weighted by molar-refractivity contribution is 7.98. The highest BCUT2D eigenvalue weighted by Crippen LogP contribution is 2.36. The Hall–Kier alpha value is -1.55. The lowest BCUT2D eigenvalue weighted by Crippen LogP contribution is -2.34. The zero-order valence-electron chi connectivity index (χ0n) is 13.7. The van der Waals surface area contributed by atoms with Gasteiger partial charge >= 0.3 is 0 Å². The van der Waals surface area contributed by atoms with Gasteiger partial charge in [-0.25, -0.2) is 13.1 Å². The molecule has 1 amide bonds. The molecule has 1 N–H and O–H groups in total. The number of hydrogen-bond acceptors (Lipinski definition) is 5. The van der Waals surface area contributed by atoms with Gasteiger partial charge < -0.3 is 5.32 Å². The van der Waals surface area contributed by atoms with Crippen LogP contribution >= 0.6 is 23.4 Å². The van der Waals surface area contributed by atoms with Crippen molar-refractivity contribution in [2.24, 2.45) is 0 Å². The Balaban J connectivity index is 1.92. The number of benzene rings is 1. The van der Waals surface area contributed by atoms with Gasteiger partial charge in [0.05, 0.1) is 24.2 Å². The van der Waals surface area contributed by atoms with E-state index >= 15 is 0 Å². The first-order valence-electron chi connectivity index (χ1n) is 7.41. The first kappa shape index (κ1) is 18.2. The number of thioether (sulfide) groups is 1. The molecule has 0 saturated heterocycles. The average molecular weight is 401 g/mol. The molecule has 1 aliphatic rings. The molecular formula is C15H17ClN4O3S2. The second-order valence-electron chi connectivity index (χ2n) is 5.73. The van der Waals surface area contributed by atoms with E-state index in [2.05, 4.69) is 10.4 Å². The van der Waals surface area contributed by atoms with Gasteiger partial charge in [0.15, 0.2) is 0 Å². The molecule has 0 bridgehead atoms. The quantitative estimate of drug-likeness (QED) is 0.830. The van der Waals surface area contributed by atoms with E-state index in [1.54, 1.807) is 28.6 Å². The van der Waals surface area contributed by atoms with Crippen molar-refractivity contribution in [3.05, 3.63) is 40.5 Å². The van der Waals surface area contributed by atoms with E-state index in [-0.39, 0.29) is 6.54 Å². The number of amides is 1. The molecular weight excluding hydrogens is 384 g/mol. The SMILES string of the molecule is CN(CC(=O)Nc1c2c(nn1-c1cccc(Cl)c1)CSC2)S(C)(=O)=O. The summed E-state index contributed by atoms with van der Waals surface area (Å²) >= 11 is 7.78. The van der Waals surface area contributed by atoms with Crippen molar-refractivity contribution in [3.63, 3.8) is 0 Å². The van der Waals surface area contributed by atoms with Gasteiger partial charge in [-0.2, -0.15) is 21.2 Å². The summed E-state index contributed by atoms with van der Waals surface area (Å²) in [6, 6.07) is 7.17. The summed E-state index contributed by atoms with van der Waals surface area (Å²) in [6.07, 6.45) is 1.06. The fourth-order valence-electron chi connectivity index (χ4n) is 2.43. The predicted molar refractivity (Wildman–Crippen MR) is 99.7 cm³/mol. The van der Waals surface area contributed by atoms with Crippen molar-refractivity contribution in [2.75, 3.05) is 25.2 Å². The summed E-state index contributed by atoms with van der Waals surface area (Å²) in [7, 11) is -2.06. The van der Waals surface area contributed by atoms with Crippen LogP contribution in [0.15, 0.2) is 24.3 Å². The van der Waals surface area contributed by atoms with Crippen LogP contribution in [-0.4, -0.2) is 48.3 Å². The number of nitrogens with zero attached hydrogens (tertiary/aromatic N) is 3. The molecule has 1 aromatic carbocycles. The molecule has 1 aromatic heterocycles. The second-order valence-corrected chi connectivity index (χ2v) is 9.24. The number of likely N-dealkylation sites (N-methyl/N-ethyl adjacent to an activating group) is 1. The van der Waals surface area contributed by atoms with Crippen molar-refractivity contribution in [1.29, 1.82) is 0 Å². The Kier molecular flexibility index (Phi) is 5.10. The fraction of sp³-hybridized carbons (Fsp3) is 0.333. The molecule has 0 aliphatic carbocycles. The molecule has 3 rings (SSSR count). The minimum atomic E-state index is -3.43. The van der Waals surface area contributed by atoms with E-state index in [0.717, 1.165) is 39.0 Å². The van der Waals surface area contributed by atoms with Crippen molar-refractivity contribution in [3.8, 4) is 5.69 Å². The number of carbonyl (C=O) groups excluding carboxylic acids is 1. The first-order valence-corrected chi connectivity index (χ1v) is 10.8. The Bertz CT molecular complexity index is 927. The van der Waals surface area contributed by atoms with Crippen LogP contribution in [-0.2, 0) is 26.3 Å². The second kappa shape index (κ2) is 6.99. The lowest BCUT2D eigenvalue weighted by Gasteiger charge is -2.15. The lowest BCUT2D eigenvalue weighted by atomic mass is 10.2. The van der Waals surface area contributed by atoms with E-state index in [1.807, 2.05) is 12.1 Å². The Labute approximate surface area is 155 Å². The Morgan fingerprint density at radius 3 is 2.88 bits per heavy atom. The highest BCUT2D eigenvalue weighted by Gasteiger charge is 2.25. The maximum atomic E-state index is 12.3. The first-order chi connectivity index (χ1) is 11.8. The molecule has 10 heteroatoms. The molecule has 0 atom stereocenters. The molecule has 0 fully saturated rings. The number of sulfonamides is 1. The molecule has 0 saturated carbocycles. The molecule has 25 heavy (non-hydrogen) atoms. The summed E-state index contributed by atoms with van der Waals surface area (Å²) in [5.41, 5.74) is 2.61. The molecule has 2 aromatic rings. The third kappa shape index (κ3) is 4.00. The summed E-state index contributed by atoms with van der Waals surface area (Å²) in [6.45, 7) is -0.262. The van der Waals surface area contributed by atoms with Crippen LogP contribution in [0.4, 0.5) is 5.82 Å². The van der Waals surface area contributed by atoms with Gasteiger partial charge in [-0.15, -0.1) is 0 Å². The maximum Gasteiger partial charge on any atom is 0.240 e. The van der Waals surface area contributed by atoms with E-state index in [9.17, 15) is 13.2 Å². The van der Waals surface area contributed by atoms with Crippen molar-refractivity contribution in [2.45, 2.75) is 11.5 Å². The average Bonchev–Trinajstić information content (AvgIpc) is 3.09. The predicted octanol–water partition coefficient (Wildman–Crippen LogP) is 2.10. The monoisotopic (exact) mass is 400 g/mol. The van der Waals surface area contributed by atoms with E-state index < -0.39 is 15.9 Å². The number of aromatic nitrogens is 2. The number of rotatable bonds is 5. The van der Waals surface area contributed by atoms with E-state index in [1.165, 1.54) is 7.05 Å². The van der Waals surface area contributed by atoms with Crippen molar-refractivity contribution < 1.29 is 13.2 Å². The molecule has 1 aliphatic heterocycles. The number of anilines is 1. The van der Waals surface area contributed by atoms with Gasteiger partial charge in [-0.05, 0) is 18.2 Å². The van der Waals surface area contributed by atoms with E-state index in [4.69, 9.17) is 11.6 Å². The molecule has 7 nitrogen and oxygen atoms in total. The largest absolute Gasteiger partial charge is 0.309 e. The van der Waals surface area contributed by atoms with Gasteiger partial charge in [0.1, 0.15) is 5.82 Å². The third-order valence-electron chi connectivity index (χ3n) is 3.79. The van der Waals surface area contributed by atoms with Crippen LogP contribution in [0.1, 0.15) is 11.3 Å². The van der Waals surface area contributed by atoms with Crippen LogP contribution in [0.3, 0.4) is 0 Å². The number of halogens is 1. The van der Waals surface area contributed by atoms with Crippen LogP contribution in [0.5, 0.6) is 0 Å². The minimum Gasteiger partial charge on any atom is -0.309 e. The van der Waals surface area contributed by atoms with Gasteiger partial charge in [0, 0.05) is 29.1 Å². The Morgan fingerprint density at radius 2 is 2.20 bits per heavy atom. The summed E-state index contributed by atoms with van der Waals surface area (Å²) < 4.78 is 25.6. The Morgan fingerprint density at radius 1 is 1.44 bits per heavy atom. The smallest absolute Gasteiger partial charge is 0.240 e. The lowest BCUT2D eigenvalue weighted by molar-refractivity contribution is -0.116. The normalized spacial score (nSPS) is 13.9. The van der Waals surface area contributed by atoms with E-state index in [0.29, 0.717) is 10.8 Å². The number of carbonyl (C=O) groups is 1. The molecule has 0 unspecified atom stereocenters. The van der Waals surface area contributed by atoms with Gasteiger partial charge in [0.2, 0.25) is 15.9 Å². The third-order valence-corrected chi connectivity index (χ3v) is 6.26. The summed E-state index contributed by atoms with van der Waals surface area (Å²) in [5.74, 6) is 1.66. The van der Waals surface area contributed by atoms with Crippen LogP contribution in [0.25, 0.3) is 5.69 Å². The van der Waals surface area contributed by atoms with Crippen molar-refractivity contribution >= 4 is 45.1 Å². The molecule has 0 radical (unpaired) electrons. The van der Waals surface area contributed by atoms with Crippen LogP contribution < -0.4 is 5.32 Å². The summed E-state index contributed by atoms with van der Waals surface area (Å²) in [4.78, 5) is 12.3. The topological polar surface area (TPSA) is 84.3 Å². The zero-order valence-corrected chi connectivity index (χ0v) is 16.1. The van der Waals surface area contributed by atoms with Crippen LogP contribution in [0.2, 0.25) is 5.02 Å². The van der Waals surface area contributed by atoms with Gasteiger partial charge in [0.25, 0.3) is 0 Å². The number of hydrogen-bond donors (Lipinski definition) is 1. The maximum absolute atomic E-state index is 12.3. The zero-order chi connectivity index (χ0) is 18.2. The van der Waals surface area contributed by atoms with Crippen molar-refractivity contribution in [1.82, 2.24) is 14.1 Å². The molecule has 134 valence electrons. The standard InChI is InChI=1S/C15H17ClN4O3S2/c1-19(25(2,22)23)7-14(21)17-15-12-8-24-9-13(12)18-20(15)11-5-3-4-10(16)6-11/h3-6H,7-9H2,1-2H3,(H,17,21). The molecule has 2 heterocycles. The van der Waals surface area contributed by atoms with Gasteiger partial charge in [-0.1, -0.05) is 17.7 Å². The fourth-order valence-corrected chi connectivity index (χ4v) is 4.00. The highest BCUT2D eigenvalue weighted by atomic mass is 35.5.